The number of carbonyl (C=O) groups is 1. The summed E-state index contributed by atoms with van der Waals surface area (Å²) in [5.74, 6) is 0. The summed E-state index contributed by atoms with van der Waals surface area (Å²) in [4.78, 5) is 13.4. The zero-order chi connectivity index (χ0) is 14.1. The number of halogens is 2. The number of rotatable bonds is 2. The van der Waals surface area contributed by atoms with Crippen LogP contribution in [0.25, 0.3) is 11.1 Å². The lowest BCUT2D eigenvalue weighted by atomic mass is 10.0. The lowest BCUT2D eigenvalue weighted by molar-refractivity contribution is 0.181. The first-order valence-corrected chi connectivity index (χ1v) is 6.91. The Morgan fingerprint density at radius 1 is 1.05 bits per heavy atom. The molecule has 0 aromatic heterocycles. The third kappa shape index (κ3) is 2.35. The van der Waals surface area contributed by atoms with Crippen LogP contribution in [-0.4, -0.2) is 19.2 Å². The van der Waals surface area contributed by atoms with Gasteiger partial charge < -0.3 is 4.74 Å². The van der Waals surface area contributed by atoms with E-state index >= 15 is 0 Å². The van der Waals surface area contributed by atoms with E-state index in [9.17, 15) is 4.79 Å². The molecular formula is C15H11Cl2NO2. The summed E-state index contributed by atoms with van der Waals surface area (Å²) in [5, 5.41) is 0.997. The number of para-hydroxylation sites is 1. The molecule has 1 amide bonds. The Kier molecular flexibility index (Phi) is 3.55. The van der Waals surface area contributed by atoms with Crippen molar-refractivity contribution in [3.8, 4) is 11.1 Å². The molecule has 1 heterocycles. The van der Waals surface area contributed by atoms with Gasteiger partial charge in [0.2, 0.25) is 0 Å². The highest BCUT2D eigenvalue weighted by Gasteiger charge is 2.25. The zero-order valence-corrected chi connectivity index (χ0v) is 12.0. The molecule has 1 fully saturated rings. The van der Waals surface area contributed by atoms with Gasteiger partial charge in [0.05, 0.1) is 22.3 Å². The topological polar surface area (TPSA) is 29.5 Å². The van der Waals surface area contributed by atoms with Gasteiger partial charge in [0.1, 0.15) is 6.61 Å². The SMILES string of the molecule is O=C1OCCN1c1ccccc1-c1ccc(Cl)c(Cl)c1. The summed E-state index contributed by atoms with van der Waals surface area (Å²) in [7, 11) is 0. The smallest absolute Gasteiger partial charge is 0.414 e. The van der Waals surface area contributed by atoms with Crippen LogP contribution in [0, 0.1) is 0 Å². The Morgan fingerprint density at radius 3 is 2.55 bits per heavy atom. The Morgan fingerprint density at radius 2 is 1.85 bits per heavy atom. The van der Waals surface area contributed by atoms with Gasteiger partial charge >= 0.3 is 6.09 Å². The van der Waals surface area contributed by atoms with Crippen LogP contribution in [-0.2, 0) is 4.74 Å². The number of amides is 1. The number of hydrogen-bond acceptors (Lipinski definition) is 2. The van der Waals surface area contributed by atoms with Gasteiger partial charge in [-0.25, -0.2) is 4.79 Å². The zero-order valence-electron chi connectivity index (χ0n) is 10.5. The second-order valence-electron chi connectivity index (χ2n) is 4.41. The predicted octanol–water partition coefficient (Wildman–Crippen LogP) is 4.62. The number of hydrogen-bond donors (Lipinski definition) is 0. The van der Waals surface area contributed by atoms with E-state index in [0.29, 0.717) is 23.2 Å². The van der Waals surface area contributed by atoms with E-state index in [0.717, 1.165) is 16.8 Å². The van der Waals surface area contributed by atoms with Crippen molar-refractivity contribution in [2.45, 2.75) is 0 Å². The third-order valence-corrected chi connectivity index (χ3v) is 3.93. The normalized spacial score (nSPS) is 14.5. The molecule has 102 valence electrons. The Bertz CT molecular complexity index is 673. The van der Waals surface area contributed by atoms with E-state index < -0.39 is 0 Å². The molecule has 1 aliphatic rings. The number of anilines is 1. The van der Waals surface area contributed by atoms with E-state index in [-0.39, 0.29) is 6.09 Å². The minimum Gasteiger partial charge on any atom is -0.447 e. The number of nitrogens with zero attached hydrogens (tertiary/aromatic N) is 1. The standard InChI is InChI=1S/C15H11Cl2NO2/c16-12-6-5-10(9-13(12)17)11-3-1-2-4-14(11)18-7-8-20-15(18)19/h1-6,9H,7-8H2. The van der Waals surface area contributed by atoms with Crippen LogP contribution in [0.3, 0.4) is 0 Å². The van der Waals surface area contributed by atoms with Crippen LogP contribution in [0.15, 0.2) is 42.5 Å². The van der Waals surface area contributed by atoms with Crippen molar-refractivity contribution in [1.29, 1.82) is 0 Å². The molecule has 0 unspecified atom stereocenters. The molecule has 0 bridgehead atoms. The predicted molar refractivity (Wildman–Crippen MR) is 80.6 cm³/mol. The van der Waals surface area contributed by atoms with Crippen LogP contribution >= 0.6 is 23.2 Å². The molecule has 3 rings (SSSR count). The van der Waals surface area contributed by atoms with Crippen LogP contribution in [0.5, 0.6) is 0 Å². The molecule has 3 nitrogen and oxygen atoms in total. The average molecular weight is 308 g/mol. The lowest BCUT2D eigenvalue weighted by Gasteiger charge is -2.17. The van der Waals surface area contributed by atoms with E-state index in [1.165, 1.54) is 0 Å². The summed E-state index contributed by atoms with van der Waals surface area (Å²) >= 11 is 12.0. The molecule has 2 aromatic carbocycles. The molecular weight excluding hydrogens is 297 g/mol. The molecule has 0 N–H and O–H groups in total. The first kappa shape index (κ1) is 13.3. The van der Waals surface area contributed by atoms with Crippen LogP contribution < -0.4 is 4.90 Å². The van der Waals surface area contributed by atoms with Crippen LogP contribution in [0.4, 0.5) is 10.5 Å². The van der Waals surface area contributed by atoms with Gasteiger partial charge in [-0.3, -0.25) is 4.90 Å². The molecule has 2 aromatic rings. The quantitative estimate of drug-likeness (QED) is 0.810. The number of cyclic esters (lactones) is 1. The first-order valence-electron chi connectivity index (χ1n) is 6.15. The molecule has 1 aliphatic heterocycles. The van der Waals surface area contributed by atoms with E-state index in [2.05, 4.69) is 0 Å². The fraction of sp³-hybridized carbons (Fsp3) is 0.133. The van der Waals surface area contributed by atoms with Crippen LogP contribution in [0.2, 0.25) is 10.0 Å². The fourth-order valence-corrected chi connectivity index (χ4v) is 2.53. The molecule has 0 saturated carbocycles. The minimum atomic E-state index is -0.322. The minimum absolute atomic E-state index is 0.322. The third-order valence-electron chi connectivity index (χ3n) is 3.19. The van der Waals surface area contributed by atoms with Gasteiger partial charge in [-0.2, -0.15) is 0 Å². The maximum Gasteiger partial charge on any atom is 0.414 e. The maximum atomic E-state index is 11.7. The molecule has 20 heavy (non-hydrogen) atoms. The summed E-state index contributed by atoms with van der Waals surface area (Å²) in [6.45, 7) is 0.964. The fourth-order valence-electron chi connectivity index (χ4n) is 2.23. The van der Waals surface area contributed by atoms with E-state index in [1.54, 1.807) is 17.0 Å². The molecule has 0 radical (unpaired) electrons. The van der Waals surface area contributed by atoms with Crippen molar-refractivity contribution in [3.05, 3.63) is 52.5 Å². The van der Waals surface area contributed by atoms with Crippen molar-refractivity contribution < 1.29 is 9.53 Å². The molecule has 0 atom stereocenters. The first-order chi connectivity index (χ1) is 9.66. The summed E-state index contributed by atoms with van der Waals surface area (Å²) < 4.78 is 4.99. The van der Waals surface area contributed by atoms with E-state index in [1.807, 2.05) is 30.3 Å². The lowest BCUT2D eigenvalue weighted by Crippen LogP contribution is -2.23. The van der Waals surface area contributed by atoms with Gasteiger partial charge in [0.25, 0.3) is 0 Å². The van der Waals surface area contributed by atoms with Gasteiger partial charge in [-0.1, -0.05) is 47.5 Å². The second kappa shape index (κ2) is 5.35. The highest BCUT2D eigenvalue weighted by Crippen LogP contribution is 2.35. The second-order valence-corrected chi connectivity index (χ2v) is 5.23. The van der Waals surface area contributed by atoms with Crippen molar-refractivity contribution in [2.24, 2.45) is 0 Å². The summed E-state index contributed by atoms with van der Waals surface area (Å²) in [6, 6.07) is 13.1. The van der Waals surface area contributed by atoms with Gasteiger partial charge in [0.15, 0.2) is 0 Å². The number of benzene rings is 2. The highest BCUT2D eigenvalue weighted by molar-refractivity contribution is 6.42. The van der Waals surface area contributed by atoms with Gasteiger partial charge in [0, 0.05) is 5.56 Å². The largest absolute Gasteiger partial charge is 0.447 e. The maximum absolute atomic E-state index is 11.7. The number of ether oxygens (including phenoxy) is 1. The highest BCUT2D eigenvalue weighted by atomic mass is 35.5. The van der Waals surface area contributed by atoms with Crippen molar-refractivity contribution in [1.82, 2.24) is 0 Å². The molecule has 0 spiro atoms. The summed E-state index contributed by atoms with van der Waals surface area (Å²) in [5.41, 5.74) is 2.65. The summed E-state index contributed by atoms with van der Waals surface area (Å²) in [6.07, 6.45) is -0.322. The molecule has 0 aliphatic carbocycles. The number of carbonyl (C=O) groups excluding carboxylic acids is 1. The van der Waals surface area contributed by atoms with E-state index in [4.69, 9.17) is 27.9 Å². The monoisotopic (exact) mass is 307 g/mol. The Balaban J connectivity index is 2.09. The molecule has 5 heteroatoms. The van der Waals surface area contributed by atoms with Crippen molar-refractivity contribution in [3.63, 3.8) is 0 Å². The molecule has 1 saturated heterocycles. The van der Waals surface area contributed by atoms with Crippen LogP contribution in [0.1, 0.15) is 0 Å². The van der Waals surface area contributed by atoms with Crippen molar-refractivity contribution in [2.75, 3.05) is 18.1 Å². The van der Waals surface area contributed by atoms with Gasteiger partial charge in [-0.05, 0) is 23.8 Å². The average Bonchev–Trinajstić information content (AvgIpc) is 2.88. The Labute approximate surface area is 126 Å². The van der Waals surface area contributed by atoms with Crippen molar-refractivity contribution >= 4 is 35.0 Å². The van der Waals surface area contributed by atoms with Gasteiger partial charge in [-0.15, -0.1) is 0 Å². The Hall–Kier alpha value is -1.71.